The first-order valence-electron chi connectivity index (χ1n) is 5.68. The molecule has 0 unspecified atom stereocenters. The maximum Gasteiger partial charge on any atom is 0.307 e. The molecule has 1 N–H and O–H groups in total. The number of carbonyl (C=O) groups is 1. The van der Waals surface area contributed by atoms with Gasteiger partial charge in [-0.2, -0.15) is 0 Å². The van der Waals surface area contributed by atoms with Gasteiger partial charge < -0.3 is 9.84 Å². The summed E-state index contributed by atoms with van der Waals surface area (Å²) in [6, 6.07) is 0. The minimum atomic E-state index is -0.500. The van der Waals surface area contributed by atoms with Crippen LogP contribution in [-0.4, -0.2) is 17.9 Å². The second kappa shape index (κ2) is 11.2. The molecule has 0 heterocycles. The van der Waals surface area contributed by atoms with Crippen molar-refractivity contribution in [1.82, 2.24) is 0 Å². The number of ether oxygens (including phenoxy) is 1. The lowest BCUT2D eigenvalue weighted by Crippen LogP contribution is -2.04. The summed E-state index contributed by atoms with van der Waals surface area (Å²) < 4.78 is 4.41. The quantitative estimate of drug-likeness (QED) is 0.263. The van der Waals surface area contributed by atoms with Gasteiger partial charge in [0.15, 0.2) is 6.79 Å². The Balaban J connectivity index is 3.04. The maximum absolute atomic E-state index is 10.8. The smallest absolute Gasteiger partial charge is 0.307 e. The summed E-state index contributed by atoms with van der Waals surface area (Å²) in [4.78, 5) is 10.8. The molecule has 3 nitrogen and oxygen atoms in total. The van der Waals surface area contributed by atoms with E-state index in [4.69, 9.17) is 5.11 Å². The van der Waals surface area contributed by atoms with Crippen LogP contribution in [0.4, 0.5) is 0 Å². The molecule has 3 heteroatoms. The molecule has 0 aliphatic carbocycles. The molecule has 0 aliphatic rings. The third-order valence-corrected chi connectivity index (χ3v) is 2.26. The highest BCUT2D eigenvalue weighted by atomic mass is 16.6. The number of esters is 1. The number of hydrogen-bond donors (Lipinski definition) is 1. The zero-order valence-electron chi connectivity index (χ0n) is 9.41. The average Bonchev–Trinajstić information content (AvgIpc) is 2.22. The fourth-order valence-corrected chi connectivity index (χ4v) is 1.41. The molecule has 0 aromatic heterocycles. The summed E-state index contributed by atoms with van der Waals surface area (Å²) in [6.07, 6.45) is 10.3. The standard InChI is InChI=1S/C12H22O3/c1-2-3-4-5-6-7-8-9-10-12(14)15-11-13/h2,13H,1,3-11H2. The molecule has 0 aromatic carbocycles. The maximum atomic E-state index is 10.8. The van der Waals surface area contributed by atoms with Crippen molar-refractivity contribution in [2.45, 2.75) is 51.4 Å². The summed E-state index contributed by atoms with van der Waals surface area (Å²) in [5, 5.41) is 8.31. The predicted molar refractivity (Wildman–Crippen MR) is 60.3 cm³/mol. The summed E-state index contributed by atoms with van der Waals surface area (Å²) in [6.45, 7) is 3.17. The number of aliphatic hydroxyl groups excluding tert-OH is 1. The van der Waals surface area contributed by atoms with Crippen LogP contribution in [0.2, 0.25) is 0 Å². The molecule has 0 fully saturated rings. The number of unbranched alkanes of at least 4 members (excludes halogenated alkanes) is 6. The number of rotatable bonds is 10. The van der Waals surface area contributed by atoms with Crippen LogP contribution in [0.25, 0.3) is 0 Å². The van der Waals surface area contributed by atoms with E-state index in [1.54, 1.807) is 0 Å². The van der Waals surface area contributed by atoms with Gasteiger partial charge in [-0.1, -0.05) is 31.8 Å². The van der Waals surface area contributed by atoms with Gasteiger partial charge in [0.25, 0.3) is 0 Å². The average molecular weight is 214 g/mol. The van der Waals surface area contributed by atoms with E-state index in [0.29, 0.717) is 6.42 Å². The van der Waals surface area contributed by atoms with Gasteiger partial charge in [0.1, 0.15) is 0 Å². The van der Waals surface area contributed by atoms with Gasteiger partial charge in [-0.05, 0) is 19.3 Å². The van der Waals surface area contributed by atoms with E-state index in [-0.39, 0.29) is 5.97 Å². The summed E-state index contributed by atoms with van der Waals surface area (Å²) in [7, 11) is 0. The Morgan fingerprint density at radius 1 is 1.13 bits per heavy atom. The molecule has 0 atom stereocenters. The topological polar surface area (TPSA) is 46.5 Å². The van der Waals surface area contributed by atoms with Crippen LogP contribution in [0.5, 0.6) is 0 Å². The minimum absolute atomic E-state index is 0.302. The van der Waals surface area contributed by atoms with Gasteiger partial charge in [0.05, 0.1) is 0 Å². The highest BCUT2D eigenvalue weighted by Crippen LogP contribution is 2.08. The van der Waals surface area contributed by atoms with Gasteiger partial charge in [-0.3, -0.25) is 4.79 Å². The zero-order valence-corrected chi connectivity index (χ0v) is 9.41. The van der Waals surface area contributed by atoms with Crippen molar-refractivity contribution in [1.29, 1.82) is 0 Å². The Morgan fingerprint density at radius 3 is 2.33 bits per heavy atom. The van der Waals surface area contributed by atoms with Crippen molar-refractivity contribution in [3.05, 3.63) is 12.7 Å². The van der Waals surface area contributed by atoms with Gasteiger partial charge in [0.2, 0.25) is 0 Å². The number of aliphatic hydroxyl groups is 1. The second-order valence-electron chi connectivity index (χ2n) is 3.59. The lowest BCUT2D eigenvalue weighted by Gasteiger charge is -2.01. The Hall–Kier alpha value is -0.830. The molecule has 0 radical (unpaired) electrons. The van der Waals surface area contributed by atoms with E-state index in [0.717, 1.165) is 19.3 Å². The van der Waals surface area contributed by atoms with Gasteiger partial charge in [-0.25, -0.2) is 0 Å². The van der Waals surface area contributed by atoms with Crippen molar-refractivity contribution in [2.75, 3.05) is 6.79 Å². The Bertz CT molecular complexity index is 166. The third-order valence-electron chi connectivity index (χ3n) is 2.26. The molecular formula is C12H22O3. The highest BCUT2D eigenvalue weighted by molar-refractivity contribution is 5.69. The van der Waals surface area contributed by atoms with Crippen molar-refractivity contribution in [2.24, 2.45) is 0 Å². The molecule has 0 spiro atoms. The monoisotopic (exact) mass is 214 g/mol. The Labute approximate surface area is 92.1 Å². The van der Waals surface area contributed by atoms with E-state index >= 15 is 0 Å². The molecule has 0 aliphatic heterocycles. The third kappa shape index (κ3) is 11.1. The molecule has 0 rings (SSSR count). The molecule has 88 valence electrons. The van der Waals surface area contributed by atoms with Crippen LogP contribution >= 0.6 is 0 Å². The molecule has 0 bridgehead atoms. The van der Waals surface area contributed by atoms with E-state index in [9.17, 15) is 4.79 Å². The van der Waals surface area contributed by atoms with Crippen molar-refractivity contribution < 1.29 is 14.6 Å². The van der Waals surface area contributed by atoms with E-state index in [2.05, 4.69) is 11.3 Å². The Kier molecular flexibility index (Phi) is 10.6. The highest BCUT2D eigenvalue weighted by Gasteiger charge is 2.00. The van der Waals surface area contributed by atoms with Crippen LogP contribution < -0.4 is 0 Å². The fourth-order valence-electron chi connectivity index (χ4n) is 1.41. The van der Waals surface area contributed by atoms with Crippen molar-refractivity contribution >= 4 is 5.97 Å². The van der Waals surface area contributed by atoms with E-state index in [1.165, 1.54) is 25.7 Å². The summed E-state index contributed by atoms with van der Waals surface area (Å²) >= 11 is 0. The van der Waals surface area contributed by atoms with E-state index in [1.807, 2.05) is 6.08 Å². The molecule has 15 heavy (non-hydrogen) atoms. The predicted octanol–water partition coefficient (Wildman–Crippen LogP) is 2.79. The molecule has 0 amide bonds. The van der Waals surface area contributed by atoms with Crippen LogP contribution in [0.3, 0.4) is 0 Å². The fraction of sp³-hybridized carbons (Fsp3) is 0.750. The number of carbonyl (C=O) groups excluding carboxylic acids is 1. The van der Waals surface area contributed by atoms with Gasteiger partial charge in [0, 0.05) is 6.42 Å². The second-order valence-corrected chi connectivity index (χ2v) is 3.59. The summed E-state index contributed by atoms with van der Waals surface area (Å²) in [5.41, 5.74) is 0. The lowest BCUT2D eigenvalue weighted by molar-refractivity contribution is -0.151. The zero-order chi connectivity index (χ0) is 11.4. The first-order valence-corrected chi connectivity index (χ1v) is 5.68. The minimum Gasteiger partial charge on any atom is -0.439 e. The number of hydrogen-bond acceptors (Lipinski definition) is 3. The largest absolute Gasteiger partial charge is 0.439 e. The van der Waals surface area contributed by atoms with Gasteiger partial charge >= 0.3 is 5.97 Å². The van der Waals surface area contributed by atoms with Gasteiger partial charge in [-0.15, -0.1) is 6.58 Å². The van der Waals surface area contributed by atoms with Crippen LogP contribution in [0.1, 0.15) is 51.4 Å². The van der Waals surface area contributed by atoms with Crippen LogP contribution in [-0.2, 0) is 9.53 Å². The normalized spacial score (nSPS) is 9.93. The molecule has 0 saturated heterocycles. The lowest BCUT2D eigenvalue weighted by atomic mass is 10.1. The first kappa shape index (κ1) is 14.2. The Morgan fingerprint density at radius 2 is 1.73 bits per heavy atom. The molecule has 0 saturated carbocycles. The van der Waals surface area contributed by atoms with Crippen molar-refractivity contribution in [3.63, 3.8) is 0 Å². The molecular weight excluding hydrogens is 192 g/mol. The number of allylic oxidation sites excluding steroid dienone is 1. The van der Waals surface area contributed by atoms with Crippen LogP contribution in [0, 0.1) is 0 Å². The summed E-state index contributed by atoms with van der Waals surface area (Å²) in [5.74, 6) is -0.302. The van der Waals surface area contributed by atoms with Crippen molar-refractivity contribution in [3.8, 4) is 0 Å². The van der Waals surface area contributed by atoms with Crippen LogP contribution in [0.15, 0.2) is 12.7 Å². The van der Waals surface area contributed by atoms with E-state index < -0.39 is 6.79 Å². The molecule has 0 aromatic rings. The first-order chi connectivity index (χ1) is 7.31. The SMILES string of the molecule is C=CCCCCCCCCC(=O)OCO.